The van der Waals surface area contributed by atoms with Crippen LogP contribution < -0.4 is 10.1 Å². The highest BCUT2D eigenvalue weighted by atomic mass is 16.5. The molecule has 1 aromatic rings. The van der Waals surface area contributed by atoms with Gasteiger partial charge >= 0.3 is 5.97 Å². The zero-order chi connectivity index (χ0) is 15.0. The lowest BCUT2D eigenvalue weighted by Gasteiger charge is -2.21. The number of carbonyl (C=O) groups is 1. The van der Waals surface area contributed by atoms with E-state index in [4.69, 9.17) is 4.74 Å². The molecule has 20 heavy (non-hydrogen) atoms. The Morgan fingerprint density at radius 1 is 1.40 bits per heavy atom. The fourth-order valence-corrected chi connectivity index (χ4v) is 2.29. The van der Waals surface area contributed by atoms with Gasteiger partial charge in [0.25, 0.3) is 0 Å². The lowest BCUT2D eigenvalue weighted by Crippen LogP contribution is -2.43. The van der Waals surface area contributed by atoms with Gasteiger partial charge in [-0.15, -0.1) is 0 Å². The molecule has 112 valence electrons. The Labute approximate surface area is 121 Å². The predicted octanol–water partition coefficient (Wildman–Crippen LogP) is 2.86. The molecule has 1 rings (SSSR count). The van der Waals surface area contributed by atoms with Crippen LogP contribution in [0.25, 0.3) is 0 Å². The molecule has 1 aromatic carbocycles. The van der Waals surface area contributed by atoms with Crippen molar-refractivity contribution in [3.05, 3.63) is 29.8 Å². The summed E-state index contributed by atoms with van der Waals surface area (Å²) in [6.07, 6.45) is 3.35. The monoisotopic (exact) mass is 279 g/mol. The molecule has 0 radical (unpaired) electrons. The Morgan fingerprint density at radius 3 is 2.70 bits per heavy atom. The molecule has 2 atom stereocenters. The molecule has 4 heteroatoms. The predicted molar refractivity (Wildman–Crippen MR) is 80.2 cm³/mol. The van der Waals surface area contributed by atoms with Crippen LogP contribution in [0.15, 0.2) is 24.3 Å². The van der Waals surface area contributed by atoms with Gasteiger partial charge in [0, 0.05) is 6.04 Å². The van der Waals surface area contributed by atoms with Crippen molar-refractivity contribution in [3.8, 4) is 5.75 Å². The smallest absolute Gasteiger partial charge is 0.320 e. The number of rotatable bonds is 9. The summed E-state index contributed by atoms with van der Waals surface area (Å²) < 4.78 is 5.32. The molecule has 0 spiro atoms. The van der Waals surface area contributed by atoms with Gasteiger partial charge in [-0.25, -0.2) is 0 Å². The number of nitrogens with one attached hydrogen (secondary N) is 1. The minimum atomic E-state index is -0.773. The van der Waals surface area contributed by atoms with Crippen LogP contribution in [0.3, 0.4) is 0 Å². The average molecular weight is 279 g/mol. The summed E-state index contributed by atoms with van der Waals surface area (Å²) in [7, 11) is 1.65. The SMILES string of the molecule is CCCC[C@H](NC(C)Cc1ccccc1OC)C(=O)O. The Hall–Kier alpha value is -1.55. The van der Waals surface area contributed by atoms with Crippen LogP contribution in [0.1, 0.15) is 38.7 Å². The van der Waals surface area contributed by atoms with Gasteiger partial charge in [0.05, 0.1) is 7.11 Å². The highest BCUT2D eigenvalue weighted by molar-refractivity contribution is 5.73. The maximum atomic E-state index is 11.2. The standard InChI is InChI=1S/C16H25NO3/c1-4-5-9-14(16(18)19)17-12(2)11-13-8-6-7-10-15(13)20-3/h6-8,10,12,14,17H,4-5,9,11H2,1-3H3,(H,18,19)/t12?,14-/m0/s1. The van der Waals surface area contributed by atoms with Crippen molar-refractivity contribution in [2.24, 2.45) is 0 Å². The van der Waals surface area contributed by atoms with Crippen LogP contribution in [0.5, 0.6) is 5.75 Å². The second-order valence-corrected chi connectivity index (χ2v) is 5.12. The van der Waals surface area contributed by atoms with Crippen LogP contribution in [0, 0.1) is 0 Å². The van der Waals surface area contributed by atoms with Gasteiger partial charge in [-0.2, -0.15) is 0 Å². The van der Waals surface area contributed by atoms with E-state index in [-0.39, 0.29) is 6.04 Å². The van der Waals surface area contributed by atoms with Crippen molar-refractivity contribution >= 4 is 5.97 Å². The molecule has 2 N–H and O–H groups in total. The zero-order valence-corrected chi connectivity index (χ0v) is 12.6. The summed E-state index contributed by atoms with van der Waals surface area (Å²) >= 11 is 0. The molecule has 0 amide bonds. The molecule has 0 fully saturated rings. The highest BCUT2D eigenvalue weighted by Gasteiger charge is 2.19. The quantitative estimate of drug-likeness (QED) is 0.730. The maximum absolute atomic E-state index is 11.2. The Bertz CT molecular complexity index is 420. The summed E-state index contributed by atoms with van der Waals surface area (Å²) in [5.41, 5.74) is 1.09. The Balaban J connectivity index is 2.60. The number of unbranched alkanes of at least 4 members (excludes halogenated alkanes) is 1. The number of aliphatic carboxylic acids is 1. The van der Waals surface area contributed by atoms with Crippen LogP contribution in [-0.4, -0.2) is 30.3 Å². The first-order chi connectivity index (χ1) is 9.58. The molecule has 0 saturated heterocycles. The molecule has 0 heterocycles. The van der Waals surface area contributed by atoms with E-state index in [1.54, 1.807) is 7.11 Å². The molecule has 0 aliphatic rings. The Kier molecular flexibility index (Phi) is 7.09. The molecule has 0 aliphatic heterocycles. The number of benzene rings is 1. The van der Waals surface area contributed by atoms with Crippen molar-refractivity contribution in [2.75, 3.05) is 7.11 Å². The van der Waals surface area contributed by atoms with E-state index < -0.39 is 12.0 Å². The van der Waals surface area contributed by atoms with Crippen molar-refractivity contribution in [1.29, 1.82) is 0 Å². The molecule has 4 nitrogen and oxygen atoms in total. The van der Waals surface area contributed by atoms with E-state index in [0.29, 0.717) is 6.42 Å². The summed E-state index contributed by atoms with van der Waals surface area (Å²) in [4.78, 5) is 11.2. The van der Waals surface area contributed by atoms with Gasteiger partial charge in [-0.3, -0.25) is 4.79 Å². The van der Waals surface area contributed by atoms with Gasteiger partial charge in [-0.1, -0.05) is 38.0 Å². The number of ether oxygens (including phenoxy) is 1. The third-order valence-electron chi connectivity index (χ3n) is 3.35. The largest absolute Gasteiger partial charge is 0.496 e. The number of carboxylic acids is 1. The van der Waals surface area contributed by atoms with E-state index in [9.17, 15) is 9.90 Å². The fraction of sp³-hybridized carbons (Fsp3) is 0.562. The summed E-state index contributed by atoms with van der Waals surface area (Å²) in [5, 5.41) is 12.4. The molecule has 0 aliphatic carbocycles. The summed E-state index contributed by atoms with van der Waals surface area (Å²) in [6, 6.07) is 7.45. The van der Waals surface area contributed by atoms with E-state index in [0.717, 1.165) is 30.6 Å². The van der Waals surface area contributed by atoms with Gasteiger partial charge in [0.15, 0.2) is 0 Å². The Morgan fingerprint density at radius 2 is 2.10 bits per heavy atom. The molecule has 0 bridgehead atoms. The van der Waals surface area contributed by atoms with Crippen molar-refractivity contribution in [3.63, 3.8) is 0 Å². The van der Waals surface area contributed by atoms with Crippen LogP contribution in [-0.2, 0) is 11.2 Å². The summed E-state index contributed by atoms with van der Waals surface area (Å²) in [5.74, 6) is 0.0758. The third-order valence-corrected chi connectivity index (χ3v) is 3.35. The van der Waals surface area contributed by atoms with Crippen LogP contribution >= 0.6 is 0 Å². The third kappa shape index (κ3) is 5.21. The summed E-state index contributed by atoms with van der Waals surface area (Å²) in [6.45, 7) is 4.07. The highest BCUT2D eigenvalue weighted by Crippen LogP contribution is 2.19. The zero-order valence-electron chi connectivity index (χ0n) is 12.6. The average Bonchev–Trinajstić information content (AvgIpc) is 2.43. The molecular formula is C16H25NO3. The van der Waals surface area contributed by atoms with Gasteiger partial charge in [0.1, 0.15) is 11.8 Å². The number of hydrogen-bond acceptors (Lipinski definition) is 3. The first kappa shape index (κ1) is 16.5. The van der Waals surface area contributed by atoms with Gasteiger partial charge in [-0.05, 0) is 31.4 Å². The van der Waals surface area contributed by atoms with Gasteiger partial charge < -0.3 is 15.2 Å². The number of hydrogen-bond donors (Lipinski definition) is 2. The van der Waals surface area contributed by atoms with Crippen LogP contribution in [0.2, 0.25) is 0 Å². The lowest BCUT2D eigenvalue weighted by atomic mass is 10.0. The molecule has 1 unspecified atom stereocenters. The van der Waals surface area contributed by atoms with Crippen LogP contribution in [0.4, 0.5) is 0 Å². The van der Waals surface area contributed by atoms with Crippen molar-refractivity contribution in [2.45, 2.75) is 51.6 Å². The number of methoxy groups -OCH3 is 1. The normalized spacial score (nSPS) is 13.8. The van der Waals surface area contributed by atoms with Crippen molar-refractivity contribution < 1.29 is 14.6 Å². The second-order valence-electron chi connectivity index (χ2n) is 5.12. The van der Waals surface area contributed by atoms with E-state index in [2.05, 4.69) is 12.2 Å². The number of carboxylic acid groups (broad SMARTS) is 1. The first-order valence-electron chi connectivity index (χ1n) is 7.19. The fourth-order valence-electron chi connectivity index (χ4n) is 2.29. The minimum Gasteiger partial charge on any atom is -0.496 e. The lowest BCUT2D eigenvalue weighted by molar-refractivity contribution is -0.139. The first-order valence-corrected chi connectivity index (χ1v) is 7.19. The van der Waals surface area contributed by atoms with E-state index in [1.165, 1.54) is 0 Å². The van der Waals surface area contributed by atoms with E-state index >= 15 is 0 Å². The van der Waals surface area contributed by atoms with Crippen molar-refractivity contribution in [1.82, 2.24) is 5.32 Å². The van der Waals surface area contributed by atoms with E-state index in [1.807, 2.05) is 31.2 Å². The maximum Gasteiger partial charge on any atom is 0.320 e. The second kappa shape index (κ2) is 8.59. The topological polar surface area (TPSA) is 58.6 Å². The molecule has 0 aromatic heterocycles. The van der Waals surface area contributed by atoms with Gasteiger partial charge in [0.2, 0.25) is 0 Å². The minimum absolute atomic E-state index is 0.0873. The molecular weight excluding hydrogens is 254 g/mol. The molecule has 0 saturated carbocycles. The number of para-hydroxylation sites is 1.